The molecule has 41 valence electrons. The molecule has 7 heavy (non-hydrogen) atoms. The first kappa shape index (κ1) is 6.63. The van der Waals surface area contributed by atoms with E-state index in [0.29, 0.717) is 0 Å². The van der Waals surface area contributed by atoms with Crippen LogP contribution in [0.15, 0.2) is 0 Å². The van der Waals surface area contributed by atoms with Crippen LogP contribution in [-0.4, -0.2) is 19.4 Å². The van der Waals surface area contributed by atoms with Crippen LogP contribution >= 0.6 is 0 Å². The second kappa shape index (κ2) is 3.81. The summed E-state index contributed by atoms with van der Waals surface area (Å²) in [6.45, 7) is 1.95. The van der Waals surface area contributed by atoms with Crippen LogP contribution in [-0.2, 0) is 4.74 Å². The molecule has 1 radical (unpaired) electrons. The van der Waals surface area contributed by atoms with Crippen molar-refractivity contribution in [3.63, 3.8) is 0 Å². The molecule has 0 aliphatic carbocycles. The third kappa shape index (κ3) is 2.34. The molecule has 0 bridgehead atoms. The van der Waals surface area contributed by atoms with Gasteiger partial charge < -0.3 is 10.1 Å². The summed E-state index contributed by atoms with van der Waals surface area (Å²) >= 11 is 0. The van der Waals surface area contributed by atoms with Crippen molar-refractivity contribution in [3.05, 3.63) is 0 Å². The van der Waals surface area contributed by atoms with Crippen molar-refractivity contribution in [3.8, 4) is 0 Å². The number of methoxy groups -OCH3 is 1. The lowest BCUT2D eigenvalue weighted by Gasteiger charge is -2.01. The molecule has 0 amide bonds. The van der Waals surface area contributed by atoms with Crippen molar-refractivity contribution in [1.29, 1.82) is 5.41 Å². The highest BCUT2D eigenvalue weighted by atomic mass is 16.5. The lowest BCUT2D eigenvalue weighted by atomic mass is 10.3. The van der Waals surface area contributed by atoms with Crippen LogP contribution in [0.25, 0.3) is 0 Å². The van der Waals surface area contributed by atoms with Crippen LogP contribution in [0, 0.1) is 5.41 Å². The summed E-state index contributed by atoms with van der Waals surface area (Å²) in [5.41, 5.74) is 0. The van der Waals surface area contributed by atoms with Gasteiger partial charge in [0.25, 0.3) is 0 Å². The smallest absolute Gasteiger partial charge is 0.1000 e. The minimum atomic E-state index is -0.0972. The van der Waals surface area contributed by atoms with E-state index in [9.17, 15) is 0 Å². The van der Waals surface area contributed by atoms with E-state index in [-0.39, 0.29) is 6.10 Å². The number of ether oxygens (including phenoxy) is 1. The van der Waals surface area contributed by atoms with E-state index in [1.165, 1.54) is 0 Å². The molecule has 0 aliphatic heterocycles. The van der Waals surface area contributed by atoms with Crippen molar-refractivity contribution >= 4 is 6.21 Å². The Morgan fingerprint density at radius 3 is 2.43 bits per heavy atom. The Morgan fingerprint density at radius 1 is 1.86 bits per heavy atom. The average Bonchev–Trinajstić information content (AvgIpc) is 1.72. The normalized spacial score (nSPS) is 13.4. The second-order valence-corrected chi connectivity index (χ2v) is 1.28. The van der Waals surface area contributed by atoms with Crippen molar-refractivity contribution < 1.29 is 4.74 Å². The van der Waals surface area contributed by atoms with Gasteiger partial charge in [-0.2, -0.15) is 0 Å². The molecule has 0 aromatic carbocycles. The largest absolute Gasteiger partial charge is 0.375 e. The molecule has 0 aromatic rings. The molecular weight excluding hydrogens is 90.1 g/mol. The van der Waals surface area contributed by atoms with Gasteiger partial charge in [-0.15, -0.1) is 0 Å². The Kier molecular flexibility index (Phi) is 3.61. The second-order valence-electron chi connectivity index (χ2n) is 1.28. The Bertz CT molecular complexity index is 50.0. The molecule has 0 spiro atoms. The molecule has 0 heterocycles. The zero-order valence-electron chi connectivity index (χ0n) is 4.69. The summed E-state index contributed by atoms with van der Waals surface area (Å²) in [5, 5.41) is 6.58. The fourth-order valence-electron chi connectivity index (χ4n) is 0.328. The van der Waals surface area contributed by atoms with E-state index in [1.54, 1.807) is 7.11 Å². The highest BCUT2D eigenvalue weighted by Gasteiger charge is 1.95. The van der Waals surface area contributed by atoms with Gasteiger partial charge in [-0.25, -0.2) is 0 Å². The molecule has 1 atom stereocenters. The molecule has 0 saturated carbocycles. The Balaban J connectivity index is 3.16. The summed E-state index contributed by atoms with van der Waals surface area (Å²) in [6, 6.07) is 0. The third-order valence-corrected chi connectivity index (χ3v) is 0.816. The lowest BCUT2D eigenvalue weighted by Crippen LogP contribution is -2.08. The van der Waals surface area contributed by atoms with Gasteiger partial charge in [0, 0.05) is 7.11 Å². The average molecular weight is 100 g/mol. The van der Waals surface area contributed by atoms with Crippen LogP contribution in [0.5, 0.6) is 0 Å². The Labute approximate surface area is 44.0 Å². The topological polar surface area (TPSA) is 33.1 Å². The van der Waals surface area contributed by atoms with E-state index < -0.39 is 0 Å². The maximum atomic E-state index is 6.58. The molecule has 2 heteroatoms. The molecule has 1 N–H and O–H groups in total. The van der Waals surface area contributed by atoms with Gasteiger partial charge in [-0.3, -0.25) is 0 Å². The first-order valence-electron chi connectivity index (χ1n) is 2.30. The van der Waals surface area contributed by atoms with Crippen molar-refractivity contribution in [2.24, 2.45) is 0 Å². The standard InChI is InChI=1S/C5H10NO/c1-3-5(4-6)7-2/h5-6H,3H2,1-2H3. The SMILES string of the molecule is CCC([C]=N)OC. The first-order chi connectivity index (χ1) is 3.35. The van der Waals surface area contributed by atoms with Crippen molar-refractivity contribution in [2.75, 3.05) is 7.11 Å². The van der Waals surface area contributed by atoms with Crippen molar-refractivity contribution in [1.82, 2.24) is 0 Å². The van der Waals surface area contributed by atoms with Crippen LogP contribution in [0.3, 0.4) is 0 Å². The molecule has 1 unspecified atom stereocenters. The number of rotatable bonds is 3. The molecule has 0 fully saturated rings. The molecule has 0 rings (SSSR count). The monoisotopic (exact) mass is 100 g/mol. The fraction of sp³-hybridized carbons (Fsp3) is 0.800. The molecular formula is C5H10NO. The lowest BCUT2D eigenvalue weighted by molar-refractivity contribution is 0.156. The minimum absolute atomic E-state index is 0.0972. The van der Waals surface area contributed by atoms with Gasteiger partial charge in [0.15, 0.2) is 0 Å². The Morgan fingerprint density at radius 2 is 2.43 bits per heavy atom. The van der Waals surface area contributed by atoms with Gasteiger partial charge in [-0.1, -0.05) is 6.92 Å². The van der Waals surface area contributed by atoms with Gasteiger partial charge in [0.05, 0.1) is 12.3 Å². The molecule has 0 aromatic heterocycles. The van der Waals surface area contributed by atoms with E-state index in [2.05, 4.69) is 6.21 Å². The summed E-state index contributed by atoms with van der Waals surface area (Å²) in [5.74, 6) is 0. The summed E-state index contributed by atoms with van der Waals surface area (Å²) in [6.07, 6.45) is 2.97. The van der Waals surface area contributed by atoms with Gasteiger partial charge in [0.2, 0.25) is 0 Å². The van der Waals surface area contributed by atoms with Gasteiger partial charge >= 0.3 is 0 Å². The van der Waals surface area contributed by atoms with E-state index in [4.69, 9.17) is 10.1 Å². The number of nitrogens with one attached hydrogen (secondary N) is 1. The first-order valence-corrected chi connectivity index (χ1v) is 2.30. The predicted molar refractivity (Wildman–Crippen MR) is 28.8 cm³/mol. The van der Waals surface area contributed by atoms with Gasteiger partial charge in [0.1, 0.15) is 0 Å². The zero-order chi connectivity index (χ0) is 5.70. The summed E-state index contributed by atoms with van der Waals surface area (Å²) < 4.78 is 4.75. The molecule has 0 saturated heterocycles. The fourth-order valence-corrected chi connectivity index (χ4v) is 0.328. The van der Waals surface area contributed by atoms with E-state index >= 15 is 0 Å². The van der Waals surface area contributed by atoms with Crippen LogP contribution in [0.4, 0.5) is 0 Å². The van der Waals surface area contributed by atoms with Crippen LogP contribution < -0.4 is 0 Å². The maximum absolute atomic E-state index is 6.58. The molecule has 0 aliphatic rings. The highest BCUT2D eigenvalue weighted by molar-refractivity contribution is 5.58. The Hall–Kier alpha value is -0.370. The maximum Gasteiger partial charge on any atom is 0.1000 e. The third-order valence-electron chi connectivity index (χ3n) is 0.816. The van der Waals surface area contributed by atoms with Gasteiger partial charge in [-0.05, 0) is 6.42 Å². The van der Waals surface area contributed by atoms with Crippen molar-refractivity contribution in [2.45, 2.75) is 19.4 Å². The van der Waals surface area contributed by atoms with Crippen LogP contribution in [0.1, 0.15) is 13.3 Å². The quantitative estimate of drug-likeness (QED) is 0.526. The zero-order valence-corrected chi connectivity index (χ0v) is 4.69. The highest BCUT2D eigenvalue weighted by Crippen LogP contribution is 1.88. The summed E-state index contributed by atoms with van der Waals surface area (Å²) in [4.78, 5) is 0. The summed E-state index contributed by atoms with van der Waals surface area (Å²) in [7, 11) is 1.58. The predicted octanol–water partition coefficient (Wildman–Crippen LogP) is 0.938. The molecule has 2 nitrogen and oxygen atoms in total. The van der Waals surface area contributed by atoms with Crippen LogP contribution in [0.2, 0.25) is 0 Å². The number of hydrogen-bond donors (Lipinski definition) is 1. The van der Waals surface area contributed by atoms with E-state index in [1.807, 2.05) is 6.92 Å². The minimum Gasteiger partial charge on any atom is -0.375 e. The number of hydrogen-bond acceptors (Lipinski definition) is 2. The van der Waals surface area contributed by atoms with E-state index in [0.717, 1.165) is 6.42 Å².